The molecule has 1 aliphatic rings. The van der Waals surface area contributed by atoms with Gasteiger partial charge in [-0.15, -0.1) is 0 Å². The lowest BCUT2D eigenvalue weighted by atomic mass is 9.96. The average Bonchev–Trinajstić information content (AvgIpc) is 2.70. The van der Waals surface area contributed by atoms with Crippen molar-refractivity contribution < 1.29 is 14.0 Å². The van der Waals surface area contributed by atoms with Crippen LogP contribution in [0.2, 0.25) is 0 Å². The number of carbonyl (C=O) groups is 2. The summed E-state index contributed by atoms with van der Waals surface area (Å²) in [6.07, 6.45) is 2.10. The van der Waals surface area contributed by atoms with Crippen LogP contribution >= 0.6 is 0 Å². The summed E-state index contributed by atoms with van der Waals surface area (Å²) in [5, 5.41) is 2.86. The third-order valence-electron chi connectivity index (χ3n) is 5.41. The molecule has 2 aromatic rings. The number of aromatic nitrogens is 2. The van der Waals surface area contributed by atoms with Gasteiger partial charge in [-0.1, -0.05) is 12.1 Å². The van der Waals surface area contributed by atoms with E-state index in [2.05, 4.69) is 15.3 Å². The molecule has 3 rings (SSSR count). The second kappa shape index (κ2) is 9.11. The van der Waals surface area contributed by atoms with Crippen LogP contribution in [0.25, 0.3) is 0 Å². The Labute approximate surface area is 170 Å². The summed E-state index contributed by atoms with van der Waals surface area (Å²) in [5.74, 6) is 0.538. The number of nitrogens with one attached hydrogen (secondary N) is 1. The number of carbonyl (C=O) groups excluding carboxylic acids is 2. The third-order valence-corrected chi connectivity index (χ3v) is 5.41. The molecule has 29 heavy (non-hydrogen) atoms. The zero-order valence-corrected chi connectivity index (χ0v) is 17.2. The van der Waals surface area contributed by atoms with Crippen molar-refractivity contribution in [3.63, 3.8) is 0 Å². The quantitative estimate of drug-likeness (QED) is 0.840. The highest BCUT2D eigenvalue weighted by molar-refractivity contribution is 5.79. The van der Waals surface area contributed by atoms with Crippen molar-refractivity contribution in [3.8, 4) is 0 Å². The Morgan fingerprint density at radius 2 is 1.83 bits per heavy atom. The van der Waals surface area contributed by atoms with Gasteiger partial charge in [0.2, 0.25) is 11.8 Å². The zero-order chi connectivity index (χ0) is 21.0. The van der Waals surface area contributed by atoms with Crippen molar-refractivity contribution in [1.29, 1.82) is 0 Å². The fourth-order valence-electron chi connectivity index (χ4n) is 3.70. The van der Waals surface area contributed by atoms with Crippen LogP contribution in [0.1, 0.15) is 54.0 Å². The predicted molar refractivity (Wildman–Crippen MR) is 108 cm³/mol. The first-order valence-corrected chi connectivity index (χ1v) is 9.94. The predicted octanol–water partition coefficient (Wildman–Crippen LogP) is 2.82. The van der Waals surface area contributed by atoms with E-state index in [4.69, 9.17) is 0 Å². The molecular formula is C22H27FN4O2. The number of halogens is 1. The van der Waals surface area contributed by atoms with E-state index in [1.54, 1.807) is 19.1 Å². The lowest BCUT2D eigenvalue weighted by Gasteiger charge is -2.31. The molecular weight excluding hydrogens is 371 g/mol. The van der Waals surface area contributed by atoms with Crippen molar-refractivity contribution in [2.24, 2.45) is 0 Å². The maximum absolute atomic E-state index is 13.0. The van der Waals surface area contributed by atoms with Crippen LogP contribution in [0.15, 0.2) is 24.3 Å². The van der Waals surface area contributed by atoms with Crippen molar-refractivity contribution in [2.75, 3.05) is 13.1 Å². The molecule has 1 atom stereocenters. The first-order chi connectivity index (χ1) is 13.8. The summed E-state index contributed by atoms with van der Waals surface area (Å²) in [7, 11) is 0. The van der Waals surface area contributed by atoms with E-state index in [1.807, 2.05) is 18.7 Å². The molecule has 1 saturated heterocycles. The third kappa shape index (κ3) is 5.37. The Kier molecular flexibility index (Phi) is 6.56. The maximum atomic E-state index is 13.0. The number of benzene rings is 1. The van der Waals surface area contributed by atoms with Crippen LogP contribution in [0, 0.1) is 19.7 Å². The lowest BCUT2D eigenvalue weighted by molar-refractivity contribution is -0.130. The molecule has 0 aliphatic carbocycles. The van der Waals surface area contributed by atoms with E-state index in [0.717, 1.165) is 47.7 Å². The smallest absolute Gasteiger partial charge is 0.224 e. The van der Waals surface area contributed by atoms with Crippen molar-refractivity contribution in [1.82, 2.24) is 20.2 Å². The Bertz CT molecular complexity index is 875. The van der Waals surface area contributed by atoms with Gasteiger partial charge in [0.15, 0.2) is 0 Å². The van der Waals surface area contributed by atoms with Gasteiger partial charge in [-0.25, -0.2) is 14.4 Å². The van der Waals surface area contributed by atoms with Gasteiger partial charge in [0.25, 0.3) is 0 Å². The van der Waals surface area contributed by atoms with E-state index in [1.165, 1.54) is 12.1 Å². The molecule has 6 nitrogen and oxygen atoms in total. The van der Waals surface area contributed by atoms with Gasteiger partial charge in [0.1, 0.15) is 11.6 Å². The minimum Gasteiger partial charge on any atom is -0.352 e. The number of nitrogens with zero attached hydrogens (tertiary/aromatic N) is 3. The lowest BCUT2D eigenvalue weighted by Crippen LogP contribution is -2.38. The van der Waals surface area contributed by atoms with Gasteiger partial charge in [0, 0.05) is 49.4 Å². The summed E-state index contributed by atoms with van der Waals surface area (Å²) in [4.78, 5) is 35.2. The standard InChI is InChI=1S/C22H27FN4O2/c1-14-20(11-21(29)24-12-17-6-8-19(23)9-7-17)15(2)26-22(25-14)18-5-4-10-27(13-18)16(3)28/h6-9,18H,4-5,10-13H2,1-3H3,(H,24,29)/t18-/m1/s1. The van der Waals surface area contributed by atoms with Crippen molar-refractivity contribution in [3.05, 3.63) is 58.4 Å². The Morgan fingerprint density at radius 1 is 1.17 bits per heavy atom. The number of hydrogen-bond donors (Lipinski definition) is 1. The molecule has 2 amide bonds. The Hall–Kier alpha value is -2.83. The van der Waals surface area contributed by atoms with Crippen LogP contribution in [-0.4, -0.2) is 39.8 Å². The number of amides is 2. The molecule has 1 aromatic carbocycles. The number of rotatable bonds is 5. The number of aryl methyl sites for hydroxylation is 2. The zero-order valence-electron chi connectivity index (χ0n) is 17.2. The van der Waals surface area contributed by atoms with Crippen molar-refractivity contribution in [2.45, 2.75) is 52.5 Å². The molecule has 0 bridgehead atoms. The van der Waals surface area contributed by atoms with Crippen LogP contribution in [0.3, 0.4) is 0 Å². The fourth-order valence-corrected chi connectivity index (χ4v) is 3.70. The van der Waals surface area contributed by atoms with Gasteiger partial charge < -0.3 is 10.2 Å². The second-order valence-corrected chi connectivity index (χ2v) is 7.62. The van der Waals surface area contributed by atoms with E-state index in [9.17, 15) is 14.0 Å². The van der Waals surface area contributed by atoms with E-state index in [0.29, 0.717) is 13.1 Å². The molecule has 1 aromatic heterocycles. The topological polar surface area (TPSA) is 75.2 Å². The average molecular weight is 398 g/mol. The maximum Gasteiger partial charge on any atom is 0.224 e. The summed E-state index contributed by atoms with van der Waals surface area (Å²) in [5.41, 5.74) is 3.26. The molecule has 154 valence electrons. The van der Waals surface area contributed by atoms with Gasteiger partial charge in [-0.3, -0.25) is 9.59 Å². The Balaban J connectivity index is 1.65. The van der Waals surface area contributed by atoms with Crippen LogP contribution in [-0.2, 0) is 22.6 Å². The molecule has 1 N–H and O–H groups in total. The summed E-state index contributed by atoms with van der Waals surface area (Å²) in [6, 6.07) is 6.05. The highest BCUT2D eigenvalue weighted by atomic mass is 19.1. The highest BCUT2D eigenvalue weighted by Crippen LogP contribution is 2.26. The van der Waals surface area contributed by atoms with Gasteiger partial charge in [-0.2, -0.15) is 0 Å². The SMILES string of the molecule is CC(=O)N1CCC[C@@H](c2nc(C)c(CC(=O)NCc3ccc(F)cc3)c(C)n2)C1. The minimum atomic E-state index is -0.298. The van der Waals surface area contributed by atoms with E-state index >= 15 is 0 Å². The molecule has 1 aliphatic heterocycles. The molecule has 0 unspecified atom stereocenters. The largest absolute Gasteiger partial charge is 0.352 e. The number of hydrogen-bond acceptors (Lipinski definition) is 4. The summed E-state index contributed by atoms with van der Waals surface area (Å²) >= 11 is 0. The molecule has 0 radical (unpaired) electrons. The normalized spacial score (nSPS) is 16.6. The Morgan fingerprint density at radius 3 is 2.45 bits per heavy atom. The van der Waals surface area contributed by atoms with Gasteiger partial charge in [0.05, 0.1) is 6.42 Å². The van der Waals surface area contributed by atoms with Crippen LogP contribution in [0.4, 0.5) is 4.39 Å². The fraction of sp³-hybridized carbons (Fsp3) is 0.455. The second-order valence-electron chi connectivity index (χ2n) is 7.62. The van der Waals surface area contributed by atoms with E-state index < -0.39 is 0 Å². The van der Waals surface area contributed by atoms with Crippen LogP contribution < -0.4 is 5.32 Å². The first-order valence-electron chi connectivity index (χ1n) is 9.94. The number of piperidine rings is 1. The van der Waals surface area contributed by atoms with Gasteiger partial charge in [-0.05, 0) is 44.4 Å². The monoisotopic (exact) mass is 398 g/mol. The molecule has 1 fully saturated rings. The number of likely N-dealkylation sites (tertiary alicyclic amines) is 1. The molecule has 0 spiro atoms. The minimum absolute atomic E-state index is 0.0811. The highest BCUT2D eigenvalue weighted by Gasteiger charge is 2.26. The van der Waals surface area contributed by atoms with Crippen LogP contribution in [0.5, 0.6) is 0 Å². The molecule has 0 saturated carbocycles. The summed E-state index contributed by atoms with van der Waals surface area (Å²) in [6.45, 7) is 7.16. The summed E-state index contributed by atoms with van der Waals surface area (Å²) < 4.78 is 13.0. The first kappa shape index (κ1) is 20.9. The van der Waals surface area contributed by atoms with E-state index in [-0.39, 0.29) is 30.0 Å². The molecule has 2 heterocycles. The van der Waals surface area contributed by atoms with Crippen molar-refractivity contribution >= 4 is 11.8 Å². The van der Waals surface area contributed by atoms with Gasteiger partial charge >= 0.3 is 0 Å². The molecule has 7 heteroatoms.